The van der Waals surface area contributed by atoms with E-state index in [0.717, 1.165) is 43.0 Å². The largest absolute Gasteiger partial charge is 0.417 e. The maximum Gasteiger partial charge on any atom is 0.417 e. The molecule has 4 rings (SSSR count). The maximum atomic E-state index is 13.3. The number of benzene rings is 2. The Kier molecular flexibility index (Phi) is 6.91. The quantitative estimate of drug-likeness (QED) is 0.475. The van der Waals surface area contributed by atoms with Gasteiger partial charge in [-0.3, -0.25) is 14.8 Å². The number of amides is 1. The van der Waals surface area contributed by atoms with Gasteiger partial charge in [0, 0.05) is 23.5 Å². The predicted molar refractivity (Wildman–Crippen MR) is 124 cm³/mol. The average molecular weight is 489 g/mol. The molecule has 1 saturated heterocycles. The van der Waals surface area contributed by atoms with E-state index in [1.165, 1.54) is 12.1 Å². The Hall–Kier alpha value is -2.97. The molecule has 1 aliphatic rings. The first-order chi connectivity index (χ1) is 16.2. The normalized spacial score (nSPS) is 19.4. The number of nitrogens with one attached hydrogen (secondary N) is 2. The van der Waals surface area contributed by atoms with Crippen molar-refractivity contribution >= 4 is 17.5 Å². The lowest BCUT2D eigenvalue weighted by Crippen LogP contribution is -2.55. The first kappa shape index (κ1) is 24.2. The van der Waals surface area contributed by atoms with Crippen LogP contribution in [0.5, 0.6) is 0 Å². The van der Waals surface area contributed by atoms with Crippen molar-refractivity contribution in [1.82, 2.24) is 20.6 Å². The molecular formula is C25H24ClF3N4O. The van der Waals surface area contributed by atoms with Crippen molar-refractivity contribution in [2.24, 2.45) is 0 Å². The van der Waals surface area contributed by atoms with Gasteiger partial charge in [0.2, 0.25) is 0 Å². The fraction of sp³-hybridized carbons (Fsp3) is 0.320. The Morgan fingerprint density at radius 3 is 2.65 bits per heavy atom. The smallest absolute Gasteiger partial charge is 0.343 e. The summed E-state index contributed by atoms with van der Waals surface area (Å²) < 4.78 is 40.0. The second-order valence-electron chi connectivity index (χ2n) is 8.59. The molecule has 0 bridgehead atoms. The lowest BCUT2D eigenvalue weighted by atomic mass is 9.80. The number of piperidine rings is 1. The van der Waals surface area contributed by atoms with E-state index in [9.17, 15) is 18.0 Å². The third-order valence-corrected chi connectivity index (χ3v) is 6.60. The van der Waals surface area contributed by atoms with Gasteiger partial charge in [0.15, 0.2) is 0 Å². The first-order valence-electron chi connectivity index (χ1n) is 11.0. The molecular weight excluding hydrogens is 465 g/mol. The summed E-state index contributed by atoms with van der Waals surface area (Å²) in [6, 6.07) is 10.4. The highest BCUT2D eigenvalue weighted by Gasteiger charge is 2.39. The molecule has 0 unspecified atom stereocenters. The third kappa shape index (κ3) is 5.08. The van der Waals surface area contributed by atoms with E-state index in [1.54, 1.807) is 18.6 Å². The number of carbonyl (C=O) groups is 1. The standard InChI is InChI=1S/C25H24ClF3N4O/c1-24(10-2-3-11-32-24)22(17-7-4-6-16(14-17)20-15-30-12-13-31-20)33-23(34)18-8-5-9-19(21(18)26)25(27,28)29/h4-9,12-15,22,32H,2-3,10-11H2,1H3,(H,33,34)/t22-,24-/m0/s1. The highest BCUT2D eigenvalue weighted by atomic mass is 35.5. The molecule has 2 aromatic carbocycles. The Labute approximate surface area is 200 Å². The van der Waals surface area contributed by atoms with Gasteiger partial charge in [0.1, 0.15) is 0 Å². The molecule has 1 amide bonds. The number of carbonyl (C=O) groups excluding carboxylic acids is 1. The summed E-state index contributed by atoms with van der Waals surface area (Å²) in [7, 11) is 0. The number of hydrogen-bond donors (Lipinski definition) is 2. The Bertz CT molecular complexity index is 1160. The number of hydrogen-bond acceptors (Lipinski definition) is 4. The van der Waals surface area contributed by atoms with Gasteiger partial charge in [-0.25, -0.2) is 0 Å². The monoisotopic (exact) mass is 488 g/mol. The van der Waals surface area contributed by atoms with Crippen molar-refractivity contribution in [3.63, 3.8) is 0 Å². The molecule has 9 heteroatoms. The van der Waals surface area contributed by atoms with Crippen LogP contribution >= 0.6 is 11.6 Å². The van der Waals surface area contributed by atoms with Gasteiger partial charge in [-0.1, -0.05) is 42.3 Å². The third-order valence-electron chi connectivity index (χ3n) is 6.19. The Balaban J connectivity index is 1.72. The van der Waals surface area contributed by atoms with Crippen molar-refractivity contribution in [1.29, 1.82) is 0 Å². The SMILES string of the molecule is C[C@@]1([C@@H](NC(=O)c2cccc(C(F)(F)F)c2Cl)c2cccc(-c3cnccn3)c2)CCCCN1. The van der Waals surface area contributed by atoms with Crippen LogP contribution in [0.1, 0.15) is 53.7 Å². The zero-order chi connectivity index (χ0) is 24.3. The summed E-state index contributed by atoms with van der Waals surface area (Å²) in [6.45, 7) is 2.79. The van der Waals surface area contributed by atoms with Crippen LogP contribution in [0, 0.1) is 0 Å². The van der Waals surface area contributed by atoms with Crippen LogP contribution in [0.2, 0.25) is 5.02 Å². The molecule has 0 spiro atoms. The molecule has 0 radical (unpaired) electrons. The minimum Gasteiger partial charge on any atom is -0.343 e. The second-order valence-corrected chi connectivity index (χ2v) is 8.97. The number of aromatic nitrogens is 2. The number of alkyl halides is 3. The van der Waals surface area contributed by atoms with Gasteiger partial charge in [-0.2, -0.15) is 13.2 Å². The lowest BCUT2D eigenvalue weighted by Gasteiger charge is -2.42. The van der Waals surface area contributed by atoms with Gasteiger partial charge in [0.25, 0.3) is 5.91 Å². The van der Waals surface area contributed by atoms with E-state index in [1.807, 2.05) is 31.2 Å². The summed E-state index contributed by atoms with van der Waals surface area (Å²) in [6.07, 6.45) is 2.93. The number of rotatable bonds is 5. The Morgan fingerprint density at radius 2 is 1.97 bits per heavy atom. The summed E-state index contributed by atoms with van der Waals surface area (Å²) >= 11 is 6.03. The van der Waals surface area contributed by atoms with Gasteiger partial charge < -0.3 is 10.6 Å². The van der Waals surface area contributed by atoms with Gasteiger partial charge >= 0.3 is 6.18 Å². The van der Waals surface area contributed by atoms with E-state index in [0.29, 0.717) is 5.69 Å². The van der Waals surface area contributed by atoms with Crippen LogP contribution in [0.4, 0.5) is 13.2 Å². The zero-order valence-electron chi connectivity index (χ0n) is 18.5. The Morgan fingerprint density at radius 1 is 1.18 bits per heavy atom. The zero-order valence-corrected chi connectivity index (χ0v) is 19.2. The summed E-state index contributed by atoms with van der Waals surface area (Å²) in [4.78, 5) is 21.7. The molecule has 34 heavy (non-hydrogen) atoms. The van der Waals surface area contributed by atoms with Crippen LogP contribution in [0.3, 0.4) is 0 Å². The molecule has 2 heterocycles. The van der Waals surface area contributed by atoms with Gasteiger partial charge in [0.05, 0.1) is 34.1 Å². The van der Waals surface area contributed by atoms with Crippen LogP contribution in [-0.4, -0.2) is 28.0 Å². The van der Waals surface area contributed by atoms with Crippen molar-refractivity contribution < 1.29 is 18.0 Å². The number of halogens is 4. The van der Waals surface area contributed by atoms with E-state index in [-0.39, 0.29) is 5.56 Å². The van der Waals surface area contributed by atoms with E-state index >= 15 is 0 Å². The maximum absolute atomic E-state index is 13.3. The fourth-order valence-corrected chi connectivity index (χ4v) is 4.72. The van der Waals surface area contributed by atoms with Crippen molar-refractivity contribution in [3.05, 3.63) is 82.8 Å². The topological polar surface area (TPSA) is 66.9 Å². The van der Waals surface area contributed by atoms with Crippen molar-refractivity contribution in [2.45, 2.75) is 43.9 Å². The number of nitrogens with zero attached hydrogens (tertiary/aromatic N) is 2. The fourth-order valence-electron chi connectivity index (χ4n) is 4.40. The molecule has 1 aliphatic heterocycles. The summed E-state index contributed by atoms with van der Waals surface area (Å²) in [5.41, 5.74) is 0.536. The molecule has 3 aromatic rings. The molecule has 0 saturated carbocycles. The van der Waals surface area contributed by atoms with Crippen molar-refractivity contribution in [3.8, 4) is 11.3 Å². The van der Waals surface area contributed by atoms with Crippen molar-refractivity contribution in [2.75, 3.05) is 6.54 Å². The minimum atomic E-state index is -4.66. The first-order valence-corrected chi connectivity index (χ1v) is 11.3. The van der Waals surface area contributed by atoms with E-state index in [2.05, 4.69) is 20.6 Å². The highest BCUT2D eigenvalue weighted by Crippen LogP contribution is 2.38. The summed E-state index contributed by atoms with van der Waals surface area (Å²) in [5, 5.41) is 5.86. The molecule has 5 nitrogen and oxygen atoms in total. The van der Waals surface area contributed by atoms with Gasteiger partial charge in [-0.05, 0) is 50.1 Å². The van der Waals surface area contributed by atoms with E-state index in [4.69, 9.17) is 11.6 Å². The molecule has 2 atom stereocenters. The summed E-state index contributed by atoms with van der Waals surface area (Å²) in [5.74, 6) is -0.667. The van der Waals surface area contributed by atoms with E-state index < -0.39 is 34.3 Å². The molecule has 2 N–H and O–H groups in total. The lowest BCUT2D eigenvalue weighted by molar-refractivity contribution is -0.137. The predicted octanol–water partition coefficient (Wildman–Crippen LogP) is 5.82. The van der Waals surface area contributed by atoms with Gasteiger partial charge in [-0.15, -0.1) is 0 Å². The van der Waals surface area contributed by atoms with Crippen LogP contribution in [-0.2, 0) is 6.18 Å². The van der Waals surface area contributed by atoms with Crippen LogP contribution < -0.4 is 10.6 Å². The molecule has 1 fully saturated rings. The van der Waals surface area contributed by atoms with Crippen LogP contribution in [0.25, 0.3) is 11.3 Å². The molecule has 178 valence electrons. The molecule has 1 aromatic heterocycles. The minimum absolute atomic E-state index is 0.217. The highest BCUT2D eigenvalue weighted by molar-refractivity contribution is 6.34. The second kappa shape index (κ2) is 9.72. The molecule has 0 aliphatic carbocycles. The van der Waals surface area contributed by atoms with Crippen LogP contribution in [0.15, 0.2) is 61.1 Å². The average Bonchev–Trinajstić information content (AvgIpc) is 2.83.